The van der Waals surface area contributed by atoms with E-state index >= 15 is 0 Å². The molecule has 1 aliphatic rings. The van der Waals surface area contributed by atoms with Crippen molar-refractivity contribution >= 4 is 15.9 Å². The third kappa shape index (κ3) is 3.12. The molecule has 0 amide bonds. The van der Waals surface area contributed by atoms with Crippen molar-refractivity contribution in [2.24, 2.45) is 5.92 Å². The Bertz CT molecular complexity index is 377. The monoisotopic (exact) mass is 318 g/mol. The Morgan fingerprint density at radius 2 is 2.33 bits per heavy atom. The number of hydrogen-bond donors (Lipinski definition) is 1. The maximum absolute atomic E-state index is 10.5. The molecule has 1 aromatic rings. The largest absolute Gasteiger partial charge is 0.386 e. The molecule has 1 atom stereocenters. The van der Waals surface area contributed by atoms with E-state index in [1.807, 2.05) is 4.68 Å². The average Bonchev–Trinajstić information content (AvgIpc) is 2.77. The molecule has 18 heavy (non-hydrogen) atoms. The first-order valence-electron chi connectivity index (χ1n) is 6.20. The predicted molar refractivity (Wildman–Crippen MR) is 70.3 cm³/mol. The summed E-state index contributed by atoms with van der Waals surface area (Å²) >= 11 is 3.46. The Balaban J connectivity index is 2.12. The number of aliphatic hydroxyl groups is 1. The van der Waals surface area contributed by atoms with Crippen LogP contribution in [0.1, 0.15) is 24.6 Å². The fraction of sp³-hybridized carbons (Fsp3) is 0.750. The zero-order valence-electron chi connectivity index (χ0n) is 10.5. The van der Waals surface area contributed by atoms with Gasteiger partial charge in [0, 0.05) is 20.3 Å². The molecular weight excluding hydrogens is 300 g/mol. The molecule has 0 saturated carbocycles. The highest BCUT2D eigenvalue weighted by Crippen LogP contribution is 2.33. The van der Waals surface area contributed by atoms with Crippen LogP contribution in [0.2, 0.25) is 0 Å². The van der Waals surface area contributed by atoms with E-state index < -0.39 is 6.10 Å². The van der Waals surface area contributed by atoms with Crippen LogP contribution in [0, 0.1) is 5.92 Å². The summed E-state index contributed by atoms with van der Waals surface area (Å²) < 4.78 is 13.1. The predicted octanol–water partition coefficient (Wildman–Crippen LogP) is 1.75. The van der Waals surface area contributed by atoms with Crippen molar-refractivity contribution in [2.75, 3.05) is 26.9 Å². The number of ether oxygens (including phenoxy) is 2. The lowest BCUT2D eigenvalue weighted by molar-refractivity contribution is 0.00309. The fourth-order valence-electron chi connectivity index (χ4n) is 2.28. The van der Waals surface area contributed by atoms with Crippen LogP contribution in [0.3, 0.4) is 0 Å². The summed E-state index contributed by atoms with van der Waals surface area (Å²) in [5, 5.41) is 14.8. The van der Waals surface area contributed by atoms with Crippen LogP contribution in [-0.2, 0) is 16.0 Å². The van der Waals surface area contributed by atoms with Gasteiger partial charge >= 0.3 is 0 Å². The minimum atomic E-state index is -0.498. The second-order valence-corrected chi connectivity index (χ2v) is 5.34. The van der Waals surface area contributed by atoms with Gasteiger partial charge < -0.3 is 14.6 Å². The minimum Gasteiger partial charge on any atom is -0.386 e. The Labute approximate surface area is 115 Å². The van der Waals surface area contributed by atoms with E-state index in [-0.39, 0.29) is 5.92 Å². The molecule has 102 valence electrons. The number of rotatable bonds is 5. The van der Waals surface area contributed by atoms with E-state index in [2.05, 4.69) is 21.0 Å². The third-order valence-electron chi connectivity index (χ3n) is 3.33. The highest BCUT2D eigenvalue weighted by Gasteiger charge is 2.28. The van der Waals surface area contributed by atoms with Crippen molar-refractivity contribution in [1.82, 2.24) is 9.78 Å². The molecule has 1 unspecified atom stereocenters. The van der Waals surface area contributed by atoms with Crippen LogP contribution >= 0.6 is 15.9 Å². The summed E-state index contributed by atoms with van der Waals surface area (Å²) in [4.78, 5) is 0. The van der Waals surface area contributed by atoms with Gasteiger partial charge in [-0.1, -0.05) is 0 Å². The fourth-order valence-corrected chi connectivity index (χ4v) is 2.81. The van der Waals surface area contributed by atoms with Crippen LogP contribution in [-0.4, -0.2) is 41.8 Å². The third-order valence-corrected chi connectivity index (χ3v) is 3.94. The zero-order valence-corrected chi connectivity index (χ0v) is 12.1. The number of halogens is 1. The molecule has 0 spiro atoms. The van der Waals surface area contributed by atoms with Gasteiger partial charge in [0.05, 0.1) is 35.6 Å². The maximum atomic E-state index is 10.5. The van der Waals surface area contributed by atoms with Gasteiger partial charge in [-0.05, 0) is 34.7 Å². The van der Waals surface area contributed by atoms with Crippen molar-refractivity contribution in [3.63, 3.8) is 0 Å². The van der Waals surface area contributed by atoms with Gasteiger partial charge in [-0.15, -0.1) is 0 Å². The Morgan fingerprint density at radius 1 is 1.61 bits per heavy atom. The van der Waals surface area contributed by atoms with Crippen LogP contribution in [0.4, 0.5) is 0 Å². The topological polar surface area (TPSA) is 56.5 Å². The average molecular weight is 319 g/mol. The summed E-state index contributed by atoms with van der Waals surface area (Å²) in [5.74, 6) is 0.244. The van der Waals surface area contributed by atoms with Crippen molar-refractivity contribution in [3.05, 3.63) is 16.4 Å². The number of aromatic nitrogens is 2. The highest BCUT2D eigenvalue weighted by molar-refractivity contribution is 9.10. The molecule has 1 aliphatic heterocycles. The second-order valence-electron chi connectivity index (χ2n) is 4.49. The van der Waals surface area contributed by atoms with Crippen LogP contribution in [0.15, 0.2) is 10.7 Å². The normalized spacial score (nSPS) is 19.1. The second kappa shape index (κ2) is 6.65. The van der Waals surface area contributed by atoms with Gasteiger partial charge in [-0.25, -0.2) is 0 Å². The van der Waals surface area contributed by atoms with Crippen molar-refractivity contribution in [3.8, 4) is 0 Å². The van der Waals surface area contributed by atoms with Gasteiger partial charge in [0.25, 0.3) is 0 Å². The number of hydrogen-bond acceptors (Lipinski definition) is 4. The molecule has 1 saturated heterocycles. The molecule has 0 radical (unpaired) electrons. The summed E-state index contributed by atoms with van der Waals surface area (Å²) in [7, 11) is 1.66. The lowest BCUT2D eigenvalue weighted by atomic mass is 9.92. The van der Waals surface area contributed by atoms with Crippen molar-refractivity contribution < 1.29 is 14.6 Å². The standard InChI is InChI=1S/C12H19BrN2O3/c1-17-7-4-15-11(10(13)8-14-15)12(16)9-2-5-18-6-3-9/h8-9,12,16H,2-7H2,1H3. The first-order valence-corrected chi connectivity index (χ1v) is 6.99. The number of methoxy groups -OCH3 is 1. The molecule has 1 fully saturated rings. The summed E-state index contributed by atoms with van der Waals surface area (Å²) in [6.45, 7) is 2.69. The van der Waals surface area contributed by atoms with E-state index in [4.69, 9.17) is 9.47 Å². The molecule has 2 heterocycles. The summed E-state index contributed by atoms with van der Waals surface area (Å²) in [6, 6.07) is 0. The van der Waals surface area contributed by atoms with E-state index in [9.17, 15) is 5.11 Å². The smallest absolute Gasteiger partial charge is 0.0997 e. The quantitative estimate of drug-likeness (QED) is 0.898. The van der Waals surface area contributed by atoms with Gasteiger partial charge in [-0.3, -0.25) is 4.68 Å². The first-order chi connectivity index (χ1) is 8.74. The SMILES string of the molecule is COCCn1ncc(Br)c1C(O)C1CCOCC1. The van der Waals surface area contributed by atoms with E-state index in [1.165, 1.54) is 0 Å². The molecule has 1 aromatic heterocycles. The van der Waals surface area contributed by atoms with Gasteiger partial charge in [-0.2, -0.15) is 5.10 Å². The molecule has 1 N–H and O–H groups in total. The van der Waals surface area contributed by atoms with Crippen LogP contribution in [0.25, 0.3) is 0 Å². The number of nitrogens with zero attached hydrogens (tertiary/aromatic N) is 2. The zero-order chi connectivity index (χ0) is 13.0. The molecule has 0 aromatic carbocycles. The van der Waals surface area contributed by atoms with E-state index in [0.717, 1.165) is 36.2 Å². The van der Waals surface area contributed by atoms with Crippen LogP contribution < -0.4 is 0 Å². The Hall–Kier alpha value is -0.430. The summed E-state index contributed by atoms with van der Waals surface area (Å²) in [6.07, 6.45) is 3.02. The van der Waals surface area contributed by atoms with Gasteiger partial charge in [0.1, 0.15) is 0 Å². The highest BCUT2D eigenvalue weighted by atomic mass is 79.9. The first kappa shape index (κ1) is 14.0. The van der Waals surface area contributed by atoms with Gasteiger partial charge in [0.15, 0.2) is 0 Å². The van der Waals surface area contributed by atoms with E-state index in [1.54, 1.807) is 13.3 Å². The molecule has 2 rings (SSSR count). The summed E-state index contributed by atoms with van der Waals surface area (Å²) in [5.41, 5.74) is 0.846. The lowest BCUT2D eigenvalue weighted by Gasteiger charge is -2.27. The van der Waals surface area contributed by atoms with E-state index in [0.29, 0.717) is 13.2 Å². The van der Waals surface area contributed by atoms with Crippen LogP contribution in [0.5, 0.6) is 0 Å². The maximum Gasteiger partial charge on any atom is 0.0997 e. The van der Waals surface area contributed by atoms with Crippen molar-refractivity contribution in [2.45, 2.75) is 25.5 Å². The van der Waals surface area contributed by atoms with Gasteiger partial charge in [0.2, 0.25) is 0 Å². The Morgan fingerprint density at radius 3 is 3.00 bits per heavy atom. The lowest BCUT2D eigenvalue weighted by Crippen LogP contribution is -2.24. The molecular formula is C12H19BrN2O3. The number of aliphatic hydroxyl groups excluding tert-OH is 1. The molecule has 5 nitrogen and oxygen atoms in total. The molecule has 6 heteroatoms. The molecule has 0 aliphatic carbocycles. The van der Waals surface area contributed by atoms with Crippen molar-refractivity contribution in [1.29, 1.82) is 0 Å². The minimum absolute atomic E-state index is 0.244. The molecule has 0 bridgehead atoms. The Kier molecular flexibility index (Phi) is 5.17.